The molecule has 0 atom stereocenters. The molecule has 1 aliphatic rings. The minimum absolute atomic E-state index is 0.199. The van der Waals surface area contributed by atoms with Crippen molar-refractivity contribution in [3.05, 3.63) is 71.9 Å². The molecule has 2 aromatic carbocycles. The molecule has 0 unspecified atom stereocenters. The van der Waals surface area contributed by atoms with Gasteiger partial charge in [0.2, 0.25) is 10.0 Å². The number of carbonyl (C=O) groups excluding carboxylic acids is 1. The SMILES string of the molecule is NS(=O)(=O)CC(=O)CC1(c2ccc(OCc3ccc4ccccc4n3)cc2)CCCCCC1. The van der Waals surface area contributed by atoms with Crippen LogP contribution in [0.3, 0.4) is 0 Å². The van der Waals surface area contributed by atoms with Crippen LogP contribution in [0.1, 0.15) is 56.2 Å². The molecule has 1 heterocycles. The highest BCUT2D eigenvalue weighted by Gasteiger charge is 2.35. The average molecular weight is 467 g/mol. The van der Waals surface area contributed by atoms with Crippen LogP contribution in [0, 0.1) is 0 Å². The van der Waals surface area contributed by atoms with Crippen LogP contribution in [0.4, 0.5) is 0 Å². The number of nitrogens with two attached hydrogens (primary N) is 1. The normalized spacial score (nSPS) is 16.3. The summed E-state index contributed by atoms with van der Waals surface area (Å²) < 4.78 is 28.8. The summed E-state index contributed by atoms with van der Waals surface area (Å²) >= 11 is 0. The second-order valence-electron chi connectivity index (χ2n) is 9.03. The predicted molar refractivity (Wildman–Crippen MR) is 129 cm³/mol. The van der Waals surface area contributed by atoms with Gasteiger partial charge in [0.1, 0.15) is 23.9 Å². The third kappa shape index (κ3) is 6.18. The molecule has 0 saturated heterocycles. The molecule has 0 bridgehead atoms. The molecule has 4 rings (SSSR count). The van der Waals surface area contributed by atoms with Crippen LogP contribution in [0.5, 0.6) is 5.75 Å². The van der Waals surface area contributed by atoms with E-state index in [2.05, 4.69) is 4.98 Å². The van der Waals surface area contributed by atoms with Crippen molar-refractivity contribution < 1.29 is 17.9 Å². The van der Waals surface area contributed by atoms with E-state index in [0.29, 0.717) is 6.61 Å². The number of para-hydroxylation sites is 1. The molecule has 7 heteroatoms. The third-order valence-corrected chi connectivity index (χ3v) is 7.19. The van der Waals surface area contributed by atoms with Crippen molar-refractivity contribution in [1.82, 2.24) is 4.98 Å². The molecule has 174 valence electrons. The number of ether oxygens (including phenoxy) is 1. The first-order chi connectivity index (χ1) is 15.8. The number of fused-ring (bicyclic) bond motifs is 1. The zero-order valence-electron chi connectivity index (χ0n) is 18.7. The monoisotopic (exact) mass is 466 g/mol. The topological polar surface area (TPSA) is 99.4 Å². The fraction of sp³-hybridized carbons (Fsp3) is 0.385. The van der Waals surface area contributed by atoms with E-state index in [4.69, 9.17) is 9.88 Å². The van der Waals surface area contributed by atoms with Crippen LogP contribution in [0.25, 0.3) is 10.9 Å². The number of benzene rings is 2. The van der Waals surface area contributed by atoms with Crippen LogP contribution >= 0.6 is 0 Å². The van der Waals surface area contributed by atoms with E-state index in [-0.39, 0.29) is 17.6 Å². The number of nitrogens with zero attached hydrogens (tertiary/aromatic N) is 1. The fourth-order valence-electron chi connectivity index (χ4n) is 4.88. The van der Waals surface area contributed by atoms with Crippen molar-refractivity contribution in [2.45, 2.75) is 57.0 Å². The van der Waals surface area contributed by atoms with Gasteiger partial charge < -0.3 is 4.74 Å². The Balaban J connectivity index is 1.48. The smallest absolute Gasteiger partial charge is 0.216 e. The standard InChI is InChI=1S/C26H30N2O4S/c27-33(30,31)19-23(29)17-26(15-5-1-2-6-16-26)21-10-13-24(14-11-21)32-18-22-12-9-20-7-3-4-8-25(20)28-22/h3-4,7-14H,1-2,5-6,15-19H2,(H2,27,30,31). The molecule has 3 aromatic rings. The Kier molecular flexibility index (Phi) is 7.10. The first-order valence-electron chi connectivity index (χ1n) is 11.4. The predicted octanol–water partition coefficient (Wildman–Crippen LogP) is 4.65. The van der Waals surface area contributed by atoms with Gasteiger partial charge in [-0.3, -0.25) is 4.79 Å². The zero-order chi connectivity index (χ0) is 23.3. The lowest BCUT2D eigenvalue weighted by atomic mass is 9.71. The lowest BCUT2D eigenvalue weighted by Crippen LogP contribution is -2.33. The number of ketones is 1. The van der Waals surface area contributed by atoms with Crippen LogP contribution in [0.15, 0.2) is 60.7 Å². The Morgan fingerprint density at radius 1 is 0.939 bits per heavy atom. The van der Waals surface area contributed by atoms with Gasteiger partial charge in [0.15, 0.2) is 0 Å². The van der Waals surface area contributed by atoms with Gasteiger partial charge in [0, 0.05) is 17.2 Å². The summed E-state index contributed by atoms with van der Waals surface area (Å²) in [6, 6.07) is 19.9. The Hall–Kier alpha value is -2.77. The molecule has 1 fully saturated rings. The van der Waals surface area contributed by atoms with Gasteiger partial charge in [-0.1, -0.05) is 62.1 Å². The van der Waals surface area contributed by atoms with Crippen LogP contribution in [-0.4, -0.2) is 24.9 Å². The van der Waals surface area contributed by atoms with Crippen molar-refractivity contribution in [3.63, 3.8) is 0 Å². The van der Waals surface area contributed by atoms with Crippen molar-refractivity contribution >= 4 is 26.7 Å². The summed E-state index contributed by atoms with van der Waals surface area (Å²) in [4.78, 5) is 17.2. The van der Waals surface area contributed by atoms with E-state index in [1.165, 1.54) is 0 Å². The Labute approximate surface area is 195 Å². The molecular weight excluding hydrogens is 436 g/mol. The number of aromatic nitrogens is 1. The van der Waals surface area contributed by atoms with Crippen molar-refractivity contribution in [3.8, 4) is 5.75 Å². The molecule has 6 nitrogen and oxygen atoms in total. The van der Waals surface area contributed by atoms with Gasteiger partial charge in [0.05, 0.1) is 11.2 Å². The molecule has 0 aliphatic heterocycles. The molecule has 1 aromatic heterocycles. The summed E-state index contributed by atoms with van der Waals surface area (Å²) in [5.41, 5.74) is 2.50. The molecule has 1 saturated carbocycles. The lowest BCUT2D eigenvalue weighted by molar-refractivity contribution is -0.118. The molecule has 0 amide bonds. The number of carbonyl (C=O) groups is 1. The van der Waals surface area contributed by atoms with Gasteiger partial charge in [-0.05, 0) is 42.7 Å². The van der Waals surface area contributed by atoms with Crippen LogP contribution < -0.4 is 9.88 Å². The minimum atomic E-state index is -3.82. The Bertz CT molecular complexity index is 1210. The summed E-state index contributed by atoms with van der Waals surface area (Å²) in [5, 5.41) is 6.21. The summed E-state index contributed by atoms with van der Waals surface area (Å²) in [7, 11) is -3.82. The maximum atomic E-state index is 12.5. The maximum absolute atomic E-state index is 12.5. The van der Waals surface area contributed by atoms with Gasteiger partial charge >= 0.3 is 0 Å². The number of hydrogen-bond acceptors (Lipinski definition) is 5. The Morgan fingerprint density at radius 2 is 1.64 bits per heavy atom. The van der Waals surface area contributed by atoms with E-state index in [1.807, 2.05) is 60.7 Å². The molecule has 2 N–H and O–H groups in total. The summed E-state index contributed by atoms with van der Waals surface area (Å²) in [6.45, 7) is 0.363. The van der Waals surface area contributed by atoms with Crippen molar-refractivity contribution in [2.75, 3.05) is 5.75 Å². The van der Waals surface area contributed by atoms with E-state index in [1.54, 1.807) is 0 Å². The molecular formula is C26H30N2O4S. The fourth-order valence-corrected chi connectivity index (χ4v) is 5.43. The average Bonchev–Trinajstić information content (AvgIpc) is 3.03. The number of sulfonamides is 1. The largest absolute Gasteiger partial charge is 0.487 e. The first kappa shape index (κ1) is 23.4. The number of rotatable bonds is 8. The number of pyridine rings is 1. The number of primary sulfonamides is 1. The third-order valence-electron chi connectivity index (χ3n) is 6.47. The molecule has 1 aliphatic carbocycles. The van der Waals surface area contributed by atoms with E-state index >= 15 is 0 Å². The van der Waals surface area contributed by atoms with Crippen molar-refractivity contribution in [2.24, 2.45) is 5.14 Å². The number of hydrogen-bond donors (Lipinski definition) is 1. The highest BCUT2D eigenvalue weighted by Crippen LogP contribution is 2.42. The Morgan fingerprint density at radius 3 is 2.33 bits per heavy atom. The second-order valence-corrected chi connectivity index (χ2v) is 10.6. The molecule has 0 radical (unpaired) electrons. The highest BCUT2D eigenvalue weighted by molar-refractivity contribution is 7.89. The lowest BCUT2D eigenvalue weighted by Gasteiger charge is -2.33. The van der Waals surface area contributed by atoms with E-state index in [0.717, 1.165) is 66.4 Å². The van der Waals surface area contributed by atoms with E-state index in [9.17, 15) is 13.2 Å². The minimum Gasteiger partial charge on any atom is -0.487 e. The van der Waals surface area contributed by atoms with Gasteiger partial charge in [0.25, 0.3) is 0 Å². The summed E-state index contributed by atoms with van der Waals surface area (Å²) in [6.07, 6.45) is 6.24. The zero-order valence-corrected chi connectivity index (χ0v) is 19.5. The molecule has 0 spiro atoms. The summed E-state index contributed by atoms with van der Waals surface area (Å²) in [5.74, 6) is -0.190. The van der Waals surface area contributed by atoms with Crippen molar-refractivity contribution in [1.29, 1.82) is 0 Å². The van der Waals surface area contributed by atoms with E-state index < -0.39 is 15.8 Å². The highest BCUT2D eigenvalue weighted by atomic mass is 32.2. The first-order valence-corrected chi connectivity index (χ1v) is 13.1. The van der Waals surface area contributed by atoms with Crippen LogP contribution in [-0.2, 0) is 26.8 Å². The maximum Gasteiger partial charge on any atom is 0.216 e. The van der Waals surface area contributed by atoms with Gasteiger partial charge in [-0.25, -0.2) is 18.5 Å². The quantitative estimate of drug-likeness (QED) is 0.487. The van der Waals surface area contributed by atoms with Gasteiger partial charge in [-0.15, -0.1) is 0 Å². The number of Topliss-reactive ketones (excluding diaryl/α,β-unsaturated/α-hetero) is 1. The van der Waals surface area contributed by atoms with Crippen LogP contribution in [0.2, 0.25) is 0 Å². The molecule has 33 heavy (non-hydrogen) atoms. The van der Waals surface area contributed by atoms with Gasteiger partial charge in [-0.2, -0.15) is 0 Å². The second kappa shape index (κ2) is 10.0.